The first kappa shape index (κ1) is 17.5. The van der Waals surface area contributed by atoms with Gasteiger partial charge in [0.25, 0.3) is 0 Å². The van der Waals surface area contributed by atoms with Crippen LogP contribution in [0.5, 0.6) is 0 Å². The summed E-state index contributed by atoms with van der Waals surface area (Å²) in [6.45, 7) is -1.09. The van der Waals surface area contributed by atoms with E-state index in [-0.39, 0.29) is 35.3 Å². The Morgan fingerprint density at radius 3 is 2.23 bits per heavy atom. The average Bonchev–Trinajstić information content (AvgIpc) is 2.98. The molecule has 9 nitrogen and oxygen atoms in total. The molecule has 1 aliphatic rings. The van der Waals surface area contributed by atoms with E-state index in [1.54, 1.807) is 62.6 Å². The molecule has 0 fully saturated rings. The van der Waals surface area contributed by atoms with Crippen molar-refractivity contribution in [1.29, 1.82) is 0 Å². The average molecular weight is 416 g/mol. The maximum Gasteiger partial charge on any atom is 0.230 e. The third-order valence-corrected chi connectivity index (χ3v) is 5.14. The second kappa shape index (κ2) is 7.81. The van der Waals surface area contributed by atoms with Crippen molar-refractivity contribution >= 4 is 29.2 Å². The zero-order valence-corrected chi connectivity index (χ0v) is 18.3. The number of hydrogen-bond donors (Lipinski definition) is 0. The molecule has 0 amide bonds. The van der Waals surface area contributed by atoms with E-state index in [2.05, 4.69) is 9.97 Å². The van der Waals surface area contributed by atoms with Crippen molar-refractivity contribution in [2.24, 2.45) is 7.05 Å². The number of ether oxygens (including phenoxy) is 1. The van der Waals surface area contributed by atoms with E-state index in [0.29, 0.717) is 22.9 Å². The summed E-state index contributed by atoms with van der Waals surface area (Å²) in [6.07, 6.45) is 1.16. The molecule has 2 aromatic heterocycles. The summed E-state index contributed by atoms with van der Waals surface area (Å²) in [4.78, 5) is 39.2. The Kier molecular flexibility index (Phi) is 4.56. The standard InChI is InChI=1S/C21H28N6O3/c1-12-13(18-19(27(12)7)14(28)9-15(30-8)20(18)29)11-26(6)21-22-16(24(2)3)10-17(23-21)25(4)5/h9-10H,11H2,1-8H3/i6D3. The fraction of sp³-hybridized carbons (Fsp3) is 0.429. The molecule has 2 heterocycles. The highest BCUT2D eigenvalue weighted by Gasteiger charge is 2.34. The van der Waals surface area contributed by atoms with Crippen LogP contribution in [-0.2, 0) is 18.3 Å². The van der Waals surface area contributed by atoms with Crippen LogP contribution in [0.15, 0.2) is 17.9 Å². The van der Waals surface area contributed by atoms with Crippen LogP contribution in [0, 0.1) is 6.92 Å². The van der Waals surface area contributed by atoms with Crippen LogP contribution in [0.4, 0.5) is 17.6 Å². The summed E-state index contributed by atoms with van der Waals surface area (Å²) in [7, 11) is 10.2. The minimum Gasteiger partial charge on any atom is -0.492 e. The van der Waals surface area contributed by atoms with Gasteiger partial charge in [-0.3, -0.25) is 9.59 Å². The molecule has 0 aromatic carbocycles. The number of allylic oxidation sites excluding steroid dienone is 2. The Bertz CT molecular complexity index is 1120. The predicted octanol–water partition coefficient (Wildman–Crippen LogP) is 1.80. The molecular formula is C21H28N6O3. The third-order valence-electron chi connectivity index (χ3n) is 5.14. The van der Waals surface area contributed by atoms with Crippen molar-refractivity contribution in [1.82, 2.24) is 14.5 Å². The highest BCUT2D eigenvalue weighted by atomic mass is 16.5. The first-order chi connectivity index (χ1) is 15.3. The quantitative estimate of drug-likeness (QED) is 0.706. The van der Waals surface area contributed by atoms with Gasteiger partial charge < -0.3 is 24.0 Å². The summed E-state index contributed by atoms with van der Waals surface area (Å²) < 4.78 is 31.2. The minimum atomic E-state index is -2.62. The van der Waals surface area contributed by atoms with Crippen molar-refractivity contribution in [3.8, 4) is 0 Å². The maximum atomic E-state index is 13.1. The number of carbonyl (C=O) groups excluding carboxylic acids is 2. The second-order valence-electron chi connectivity index (χ2n) is 7.51. The SMILES string of the molecule is [2H]C([2H])([2H])N(Cc1c2c(n(C)c1C)C(=O)C=C(OC)C2=O)c1nc(N(C)C)cc(N(C)C)n1. The van der Waals surface area contributed by atoms with Crippen molar-refractivity contribution < 1.29 is 18.4 Å². The van der Waals surface area contributed by atoms with Gasteiger partial charge in [-0.1, -0.05) is 0 Å². The van der Waals surface area contributed by atoms with Crippen LogP contribution in [-0.4, -0.2) is 68.4 Å². The van der Waals surface area contributed by atoms with Gasteiger partial charge in [-0.05, 0) is 6.92 Å². The molecule has 0 bridgehead atoms. The summed E-state index contributed by atoms with van der Waals surface area (Å²) in [5, 5.41) is 0. The lowest BCUT2D eigenvalue weighted by Crippen LogP contribution is -2.25. The Balaban J connectivity index is 2.20. The molecule has 9 heteroatoms. The number of carbonyl (C=O) groups is 2. The van der Waals surface area contributed by atoms with Gasteiger partial charge >= 0.3 is 0 Å². The fourth-order valence-electron chi connectivity index (χ4n) is 3.33. The lowest BCUT2D eigenvalue weighted by atomic mass is 9.96. The molecule has 0 N–H and O–H groups in total. The number of ketones is 2. The molecule has 0 atom stereocenters. The van der Waals surface area contributed by atoms with Crippen molar-refractivity contribution in [3.05, 3.63) is 40.4 Å². The number of nitrogens with zero attached hydrogens (tertiary/aromatic N) is 6. The predicted molar refractivity (Wildman–Crippen MR) is 117 cm³/mol. The summed E-state index contributed by atoms with van der Waals surface area (Å²) in [5.41, 5.74) is 1.36. The number of anilines is 3. The lowest BCUT2D eigenvalue weighted by Gasteiger charge is -2.23. The monoisotopic (exact) mass is 415 g/mol. The number of rotatable bonds is 6. The van der Waals surface area contributed by atoms with E-state index in [9.17, 15) is 9.59 Å². The fourth-order valence-corrected chi connectivity index (χ4v) is 3.33. The largest absolute Gasteiger partial charge is 0.492 e. The summed E-state index contributed by atoms with van der Waals surface area (Å²) in [6, 6.07) is 1.74. The number of aromatic nitrogens is 3. The normalized spacial score (nSPS) is 15.0. The number of Topliss-reactive ketones (excluding diaryl/α,β-unsaturated/α-hetero) is 1. The minimum absolute atomic E-state index is 0.0148. The topological polar surface area (TPSA) is 83.8 Å². The van der Waals surface area contributed by atoms with E-state index in [1.807, 2.05) is 0 Å². The first-order valence-electron chi connectivity index (χ1n) is 10.8. The molecule has 0 spiro atoms. The molecule has 0 saturated heterocycles. The van der Waals surface area contributed by atoms with Gasteiger partial charge in [-0.15, -0.1) is 0 Å². The van der Waals surface area contributed by atoms with Crippen LogP contribution in [0.1, 0.15) is 36.2 Å². The molecule has 0 radical (unpaired) electrons. The molecular weight excluding hydrogens is 384 g/mol. The van der Waals surface area contributed by atoms with Gasteiger partial charge in [0, 0.05) is 76.3 Å². The van der Waals surface area contributed by atoms with Crippen LogP contribution >= 0.6 is 0 Å². The molecule has 1 aliphatic carbocycles. The summed E-state index contributed by atoms with van der Waals surface area (Å²) in [5.74, 6) is 0.119. The smallest absolute Gasteiger partial charge is 0.230 e. The number of methoxy groups -OCH3 is 1. The van der Waals surface area contributed by atoms with Gasteiger partial charge in [0.05, 0.1) is 12.7 Å². The molecule has 30 heavy (non-hydrogen) atoms. The zero-order chi connectivity index (χ0) is 24.8. The first-order valence-corrected chi connectivity index (χ1v) is 9.32. The van der Waals surface area contributed by atoms with Crippen LogP contribution in [0.2, 0.25) is 0 Å². The summed E-state index contributed by atoms with van der Waals surface area (Å²) >= 11 is 0. The van der Waals surface area contributed by atoms with Crippen molar-refractivity contribution in [2.75, 3.05) is 57.0 Å². The molecule has 3 rings (SSSR count). The molecule has 0 unspecified atom stereocenters. The number of hydrogen-bond acceptors (Lipinski definition) is 8. The van der Waals surface area contributed by atoms with Gasteiger partial charge in [-0.2, -0.15) is 9.97 Å². The van der Waals surface area contributed by atoms with E-state index < -0.39 is 12.8 Å². The van der Waals surface area contributed by atoms with E-state index in [1.165, 1.54) is 7.11 Å². The van der Waals surface area contributed by atoms with Crippen molar-refractivity contribution in [3.63, 3.8) is 0 Å². The molecule has 2 aromatic rings. The van der Waals surface area contributed by atoms with Crippen LogP contribution in [0.3, 0.4) is 0 Å². The van der Waals surface area contributed by atoms with Gasteiger partial charge in [0.1, 0.15) is 17.3 Å². The third kappa shape index (κ3) is 3.51. The molecule has 160 valence electrons. The Morgan fingerprint density at radius 1 is 1.13 bits per heavy atom. The maximum absolute atomic E-state index is 13.1. The highest BCUT2D eigenvalue weighted by molar-refractivity contribution is 6.24. The Labute approximate surface area is 180 Å². The highest BCUT2D eigenvalue weighted by Crippen LogP contribution is 2.31. The molecule has 0 aliphatic heterocycles. The van der Waals surface area contributed by atoms with E-state index >= 15 is 0 Å². The Hall–Kier alpha value is -3.36. The van der Waals surface area contributed by atoms with Gasteiger partial charge in [0.2, 0.25) is 17.5 Å². The van der Waals surface area contributed by atoms with E-state index in [0.717, 1.165) is 11.0 Å². The lowest BCUT2D eigenvalue weighted by molar-refractivity contribution is 0.0913. The molecule has 0 saturated carbocycles. The Morgan fingerprint density at radius 2 is 1.73 bits per heavy atom. The van der Waals surface area contributed by atoms with Gasteiger partial charge in [0.15, 0.2) is 5.76 Å². The number of fused-ring (bicyclic) bond motifs is 1. The zero-order valence-electron chi connectivity index (χ0n) is 21.3. The van der Waals surface area contributed by atoms with Gasteiger partial charge in [-0.25, -0.2) is 0 Å². The van der Waals surface area contributed by atoms with Crippen LogP contribution in [0.25, 0.3) is 0 Å². The van der Waals surface area contributed by atoms with Crippen LogP contribution < -0.4 is 14.7 Å². The van der Waals surface area contributed by atoms with E-state index in [4.69, 9.17) is 8.85 Å². The van der Waals surface area contributed by atoms with Crippen molar-refractivity contribution in [2.45, 2.75) is 13.5 Å². The second-order valence-corrected chi connectivity index (χ2v) is 7.51.